The molecule has 1 aromatic carbocycles. The van der Waals surface area contributed by atoms with Gasteiger partial charge < -0.3 is 5.32 Å². The molecule has 0 amide bonds. The number of rotatable bonds is 2. The standard InChI is InChI=1S/C11H14BrN/c12-7-9-2-1-3-10(6-9)11-4-5-13-8-11/h1-3,6,11,13H,4-5,7-8H2. The van der Waals surface area contributed by atoms with Crippen molar-refractivity contribution in [1.82, 2.24) is 5.32 Å². The number of hydrogen-bond acceptors (Lipinski definition) is 1. The van der Waals surface area contributed by atoms with Gasteiger partial charge in [0.15, 0.2) is 0 Å². The Morgan fingerprint density at radius 2 is 2.38 bits per heavy atom. The van der Waals surface area contributed by atoms with E-state index in [1.165, 1.54) is 24.1 Å². The molecule has 1 fully saturated rings. The maximum absolute atomic E-state index is 3.48. The molecule has 1 unspecified atom stereocenters. The molecule has 1 heterocycles. The van der Waals surface area contributed by atoms with Crippen molar-refractivity contribution < 1.29 is 0 Å². The Balaban J connectivity index is 2.18. The Morgan fingerprint density at radius 1 is 1.46 bits per heavy atom. The SMILES string of the molecule is BrCc1cccc(C2CCNC2)c1. The molecule has 0 spiro atoms. The second-order valence-corrected chi connectivity index (χ2v) is 4.13. The first kappa shape index (κ1) is 9.22. The highest BCUT2D eigenvalue weighted by molar-refractivity contribution is 9.08. The highest BCUT2D eigenvalue weighted by atomic mass is 79.9. The first-order chi connectivity index (χ1) is 6.40. The van der Waals surface area contributed by atoms with Gasteiger partial charge in [-0.15, -0.1) is 0 Å². The summed E-state index contributed by atoms with van der Waals surface area (Å²) in [6.45, 7) is 2.31. The van der Waals surface area contributed by atoms with E-state index in [1.54, 1.807) is 0 Å². The second kappa shape index (κ2) is 4.25. The molecule has 1 aliphatic rings. The van der Waals surface area contributed by atoms with Gasteiger partial charge in [0, 0.05) is 11.9 Å². The molecular weight excluding hydrogens is 226 g/mol. The topological polar surface area (TPSA) is 12.0 Å². The molecular formula is C11H14BrN. The van der Waals surface area contributed by atoms with Gasteiger partial charge >= 0.3 is 0 Å². The first-order valence-corrected chi connectivity index (χ1v) is 5.88. The summed E-state index contributed by atoms with van der Waals surface area (Å²) in [5.41, 5.74) is 2.87. The van der Waals surface area contributed by atoms with Crippen molar-refractivity contribution in [3.63, 3.8) is 0 Å². The van der Waals surface area contributed by atoms with Crippen LogP contribution in [0.1, 0.15) is 23.5 Å². The quantitative estimate of drug-likeness (QED) is 0.783. The van der Waals surface area contributed by atoms with Crippen LogP contribution in [0.5, 0.6) is 0 Å². The van der Waals surface area contributed by atoms with Gasteiger partial charge in [0.1, 0.15) is 0 Å². The fourth-order valence-electron chi connectivity index (χ4n) is 1.87. The normalized spacial score (nSPS) is 22.1. The van der Waals surface area contributed by atoms with Crippen LogP contribution in [0.3, 0.4) is 0 Å². The Labute approximate surface area is 87.7 Å². The molecule has 1 aliphatic heterocycles. The lowest BCUT2D eigenvalue weighted by molar-refractivity contribution is 0.762. The van der Waals surface area contributed by atoms with E-state index in [2.05, 4.69) is 45.5 Å². The van der Waals surface area contributed by atoms with E-state index >= 15 is 0 Å². The van der Waals surface area contributed by atoms with Gasteiger partial charge in [0.05, 0.1) is 0 Å². The van der Waals surface area contributed by atoms with Crippen LogP contribution in [-0.2, 0) is 5.33 Å². The number of alkyl halides is 1. The van der Waals surface area contributed by atoms with E-state index in [0.29, 0.717) is 0 Å². The zero-order valence-electron chi connectivity index (χ0n) is 7.59. The lowest BCUT2D eigenvalue weighted by atomic mass is 9.97. The van der Waals surface area contributed by atoms with E-state index in [-0.39, 0.29) is 0 Å². The summed E-state index contributed by atoms with van der Waals surface area (Å²) in [7, 11) is 0. The van der Waals surface area contributed by atoms with Crippen molar-refractivity contribution in [2.75, 3.05) is 13.1 Å². The molecule has 2 rings (SSSR count). The maximum atomic E-state index is 3.48. The lowest BCUT2D eigenvalue weighted by Crippen LogP contribution is -2.07. The number of benzene rings is 1. The van der Waals surface area contributed by atoms with Crippen LogP contribution in [0, 0.1) is 0 Å². The van der Waals surface area contributed by atoms with Gasteiger partial charge in [-0.05, 0) is 30.0 Å². The fraction of sp³-hybridized carbons (Fsp3) is 0.455. The van der Waals surface area contributed by atoms with Crippen molar-refractivity contribution in [3.8, 4) is 0 Å². The van der Waals surface area contributed by atoms with E-state index in [9.17, 15) is 0 Å². The van der Waals surface area contributed by atoms with Crippen LogP contribution in [0.15, 0.2) is 24.3 Å². The molecule has 1 aromatic rings. The van der Waals surface area contributed by atoms with E-state index < -0.39 is 0 Å². The minimum Gasteiger partial charge on any atom is -0.316 e. The van der Waals surface area contributed by atoms with Crippen molar-refractivity contribution in [1.29, 1.82) is 0 Å². The van der Waals surface area contributed by atoms with Crippen LogP contribution in [0.4, 0.5) is 0 Å². The van der Waals surface area contributed by atoms with Crippen LogP contribution >= 0.6 is 15.9 Å². The number of halogens is 1. The highest BCUT2D eigenvalue weighted by Gasteiger charge is 2.16. The number of nitrogens with one attached hydrogen (secondary N) is 1. The molecule has 0 bridgehead atoms. The number of hydrogen-bond donors (Lipinski definition) is 1. The summed E-state index contributed by atoms with van der Waals surface area (Å²) in [4.78, 5) is 0. The van der Waals surface area contributed by atoms with Gasteiger partial charge in [-0.2, -0.15) is 0 Å². The second-order valence-electron chi connectivity index (χ2n) is 3.57. The summed E-state index contributed by atoms with van der Waals surface area (Å²) < 4.78 is 0. The smallest absolute Gasteiger partial charge is 0.0283 e. The van der Waals surface area contributed by atoms with Gasteiger partial charge in [0.25, 0.3) is 0 Å². The minimum absolute atomic E-state index is 0.735. The Kier molecular flexibility index (Phi) is 3.01. The predicted octanol–water partition coefficient (Wildman–Crippen LogP) is 2.66. The fourth-order valence-corrected chi connectivity index (χ4v) is 2.22. The molecule has 0 saturated carbocycles. The van der Waals surface area contributed by atoms with Crippen LogP contribution in [0.25, 0.3) is 0 Å². The summed E-state index contributed by atoms with van der Waals surface area (Å²) >= 11 is 3.48. The first-order valence-electron chi connectivity index (χ1n) is 4.75. The summed E-state index contributed by atoms with van der Waals surface area (Å²) in [5, 5.41) is 4.36. The zero-order valence-corrected chi connectivity index (χ0v) is 9.18. The summed E-state index contributed by atoms with van der Waals surface area (Å²) in [6, 6.07) is 8.88. The molecule has 70 valence electrons. The van der Waals surface area contributed by atoms with Crippen LogP contribution < -0.4 is 5.32 Å². The van der Waals surface area contributed by atoms with Crippen molar-refractivity contribution in [2.45, 2.75) is 17.7 Å². The third-order valence-electron chi connectivity index (χ3n) is 2.64. The molecule has 0 aromatic heterocycles. The van der Waals surface area contributed by atoms with Gasteiger partial charge in [0.2, 0.25) is 0 Å². The third kappa shape index (κ3) is 2.12. The van der Waals surface area contributed by atoms with Gasteiger partial charge in [-0.1, -0.05) is 40.2 Å². The van der Waals surface area contributed by atoms with Gasteiger partial charge in [-0.3, -0.25) is 0 Å². The average molecular weight is 240 g/mol. The third-order valence-corrected chi connectivity index (χ3v) is 3.28. The Morgan fingerprint density at radius 3 is 3.08 bits per heavy atom. The zero-order chi connectivity index (χ0) is 9.10. The summed E-state index contributed by atoms with van der Waals surface area (Å²) in [5.74, 6) is 0.735. The summed E-state index contributed by atoms with van der Waals surface area (Å²) in [6.07, 6.45) is 1.28. The molecule has 1 N–H and O–H groups in total. The molecule has 1 nitrogen and oxygen atoms in total. The van der Waals surface area contributed by atoms with Gasteiger partial charge in [-0.25, -0.2) is 0 Å². The molecule has 0 aliphatic carbocycles. The largest absolute Gasteiger partial charge is 0.316 e. The van der Waals surface area contributed by atoms with Crippen molar-refractivity contribution in [3.05, 3.63) is 35.4 Å². The lowest BCUT2D eigenvalue weighted by Gasteiger charge is -2.09. The Hall–Kier alpha value is -0.340. The molecule has 0 radical (unpaired) electrons. The average Bonchev–Trinajstić information content (AvgIpc) is 2.71. The van der Waals surface area contributed by atoms with E-state index in [0.717, 1.165) is 17.8 Å². The predicted molar refractivity (Wildman–Crippen MR) is 59.3 cm³/mol. The molecule has 1 saturated heterocycles. The molecule has 13 heavy (non-hydrogen) atoms. The Bertz CT molecular complexity index is 279. The maximum Gasteiger partial charge on any atom is 0.0283 e. The van der Waals surface area contributed by atoms with E-state index in [4.69, 9.17) is 0 Å². The van der Waals surface area contributed by atoms with E-state index in [1.807, 2.05) is 0 Å². The highest BCUT2D eigenvalue weighted by Crippen LogP contribution is 2.23. The minimum atomic E-state index is 0.735. The monoisotopic (exact) mass is 239 g/mol. The van der Waals surface area contributed by atoms with Crippen LogP contribution in [-0.4, -0.2) is 13.1 Å². The molecule has 1 atom stereocenters. The van der Waals surface area contributed by atoms with Crippen molar-refractivity contribution in [2.24, 2.45) is 0 Å². The molecule has 2 heteroatoms. The van der Waals surface area contributed by atoms with Crippen molar-refractivity contribution >= 4 is 15.9 Å². The van der Waals surface area contributed by atoms with Crippen LogP contribution in [0.2, 0.25) is 0 Å².